The molecule has 0 aromatic heterocycles. The smallest absolute Gasteiger partial charge is 0.248 e. The van der Waals surface area contributed by atoms with Crippen molar-refractivity contribution in [2.24, 2.45) is 5.92 Å². The van der Waals surface area contributed by atoms with Crippen LogP contribution in [0.5, 0.6) is 0 Å². The first kappa shape index (κ1) is 10.3. The van der Waals surface area contributed by atoms with E-state index in [9.17, 15) is 13.9 Å². The molecule has 0 spiro atoms. The molecule has 0 aromatic rings. The lowest BCUT2D eigenvalue weighted by Gasteiger charge is -2.41. The van der Waals surface area contributed by atoms with Gasteiger partial charge in [-0.3, -0.25) is 0 Å². The third-order valence-electron chi connectivity index (χ3n) is 3.38. The number of aliphatic hydroxyl groups is 1. The molecule has 0 radical (unpaired) electrons. The second-order valence-electron chi connectivity index (χ2n) is 4.81. The minimum Gasteiger partial charge on any atom is -0.390 e. The first-order chi connectivity index (χ1) is 6.49. The van der Waals surface area contributed by atoms with Crippen LogP contribution in [0.1, 0.15) is 32.1 Å². The molecule has 1 aliphatic heterocycles. The summed E-state index contributed by atoms with van der Waals surface area (Å²) in [5.74, 6) is -2.42. The van der Waals surface area contributed by atoms with Crippen LogP contribution in [0.25, 0.3) is 0 Å². The normalized spacial score (nSPS) is 31.1. The molecule has 2 rings (SSSR count). The summed E-state index contributed by atoms with van der Waals surface area (Å²) in [7, 11) is 0. The van der Waals surface area contributed by atoms with Crippen molar-refractivity contribution < 1.29 is 13.9 Å². The van der Waals surface area contributed by atoms with E-state index in [1.807, 2.05) is 0 Å². The molecule has 0 bridgehead atoms. The van der Waals surface area contributed by atoms with Crippen LogP contribution in [0.3, 0.4) is 0 Å². The summed E-state index contributed by atoms with van der Waals surface area (Å²) >= 11 is 0. The number of alkyl halides is 2. The minimum atomic E-state index is -2.45. The van der Waals surface area contributed by atoms with Gasteiger partial charge in [-0.2, -0.15) is 0 Å². The Morgan fingerprint density at radius 1 is 1.21 bits per heavy atom. The standard InChI is InChI=1S/C10H17F2NO/c11-10(12)6-8(7-10)5-9(14)1-3-13-4-2-9/h8,13-14H,1-7H2. The van der Waals surface area contributed by atoms with Crippen LogP contribution in [0.15, 0.2) is 0 Å². The van der Waals surface area contributed by atoms with E-state index < -0.39 is 11.5 Å². The average molecular weight is 205 g/mol. The Hall–Kier alpha value is -0.220. The zero-order chi connectivity index (χ0) is 10.2. The number of hydrogen-bond donors (Lipinski definition) is 2. The molecule has 2 N–H and O–H groups in total. The molecular weight excluding hydrogens is 188 g/mol. The maximum Gasteiger partial charge on any atom is 0.248 e. The van der Waals surface area contributed by atoms with Crippen molar-refractivity contribution in [2.45, 2.75) is 43.6 Å². The zero-order valence-electron chi connectivity index (χ0n) is 8.23. The Kier molecular flexibility index (Phi) is 2.52. The molecule has 14 heavy (non-hydrogen) atoms. The van der Waals surface area contributed by atoms with Gasteiger partial charge in [0.2, 0.25) is 5.92 Å². The summed E-state index contributed by atoms with van der Waals surface area (Å²) < 4.78 is 25.1. The van der Waals surface area contributed by atoms with Crippen molar-refractivity contribution in [1.82, 2.24) is 5.32 Å². The molecule has 1 heterocycles. The largest absolute Gasteiger partial charge is 0.390 e. The third kappa shape index (κ3) is 2.23. The van der Waals surface area contributed by atoms with E-state index in [2.05, 4.69) is 5.32 Å². The number of hydrogen-bond acceptors (Lipinski definition) is 2. The molecule has 1 aliphatic carbocycles. The quantitative estimate of drug-likeness (QED) is 0.716. The van der Waals surface area contributed by atoms with Gasteiger partial charge in [-0.15, -0.1) is 0 Å². The van der Waals surface area contributed by atoms with Gasteiger partial charge in [-0.25, -0.2) is 8.78 Å². The fourth-order valence-corrected chi connectivity index (χ4v) is 2.56. The summed E-state index contributed by atoms with van der Waals surface area (Å²) in [4.78, 5) is 0. The van der Waals surface area contributed by atoms with Crippen molar-refractivity contribution in [3.8, 4) is 0 Å². The highest BCUT2D eigenvalue weighted by atomic mass is 19.3. The van der Waals surface area contributed by atoms with Gasteiger partial charge in [-0.1, -0.05) is 0 Å². The van der Waals surface area contributed by atoms with Crippen molar-refractivity contribution in [3.05, 3.63) is 0 Å². The predicted octanol–water partition coefficient (Wildman–Crippen LogP) is 1.54. The number of nitrogens with one attached hydrogen (secondary N) is 1. The molecule has 1 saturated carbocycles. The highest BCUT2D eigenvalue weighted by Gasteiger charge is 2.48. The second kappa shape index (κ2) is 3.42. The first-order valence-electron chi connectivity index (χ1n) is 5.30. The molecule has 0 unspecified atom stereocenters. The topological polar surface area (TPSA) is 32.3 Å². The Morgan fingerprint density at radius 3 is 2.29 bits per heavy atom. The van der Waals surface area contributed by atoms with Gasteiger partial charge in [0.1, 0.15) is 0 Å². The Labute approximate surface area is 82.7 Å². The van der Waals surface area contributed by atoms with E-state index >= 15 is 0 Å². The van der Waals surface area contributed by atoms with Crippen molar-refractivity contribution in [3.63, 3.8) is 0 Å². The lowest BCUT2D eigenvalue weighted by Crippen LogP contribution is -2.46. The van der Waals surface area contributed by atoms with Gasteiger partial charge < -0.3 is 10.4 Å². The number of rotatable bonds is 2. The molecule has 2 aliphatic rings. The number of piperidine rings is 1. The van der Waals surface area contributed by atoms with Crippen molar-refractivity contribution in [2.75, 3.05) is 13.1 Å². The highest BCUT2D eigenvalue weighted by Crippen LogP contribution is 2.46. The van der Waals surface area contributed by atoms with E-state index in [-0.39, 0.29) is 18.8 Å². The highest BCUT2D eigenvalue weighted by molar-refractivity contribution is 4.93. The Balaban J connectivity index is 1.79. The van der Waals surface area contributed by atoms with Crippen LogP contribution in [0.4, 0.5) is 8.78 Å². The van der Waals surface area contributed by atoms with Crippen molar-refractivity contribution >= 4 is 0 Å². The van der Waals surface area contributed by atoms with Gasteiger partial charge >= 0.3 is 0 Å². The fourth-order valence-electron chi connectivity index (χ4n) is 2.56. The summed E-state index contributed by atoms with van der Waals surface area (Å²) in [6.07, 6.45) is 1.92. The van der Waals surface area contributed by atoms with Crippen LogP contribution in [-0.2, 0) is 0 Å². The van der Waals surface area contributed by atoms with E-state index in [1.165, 1.54) is 0 Å². The van der Waals surface area contributed by atoms with Crippen LogP contribution in [0, 0.1) is 5.92 Å². The SMILES string of the molecule is OC1(CC2CC(F)(F)C2)CCNCC1. The molecule has 1 saturated heterocycles. The minimum absolute atomic E-state index is 0.0251. The summed E-state index contributed by atoms with van der Waals surface area (Å²) in [6, 6.07) is 0. The summed E-state index contributed by atoms with van der Waals surface area (Å²) in [6.45, 7) is 1.61. The van der Waals surface area contributed by atoms with Gasteiger partial charge in [0, 0.05) is 12.8 Å². The van der Waals surface area contributed by atoms with Crippen LogP contribution in [0.2, 0.25) is 0 Å². The van der Waals surface area contributed by atoms with E-state index in [0.29, 0.717) is 19.3 Å². The maximum atomic E-state index is 12.6. The molecule has 0 amide bonds. The second-order valence-corrected chi connectivity index (χ2v) is 4.81. The van der Waals surface area contributed by atoms with Crippen LogP contribution in [-0.4, -0.2) is 29.7 Å². The maximum absolute atomic E-state index is 12.6. The first-order valence-corrected chi connectivity index (χ1v) is 5.30. The molecule has 82 valence electrons. The molecule has 4 heteroatoms. The van der Waals surface area contributed by atoms with Gasteiger partial charge in [0.15, 0.2) is 0 Å². The lowest BCUT2D eigenvalue weighted by molar-refractivity contribution is -0.133. The Morgan fingerprint density at radius 2 is 1.79 bits per heavy atom. The number of halogens is 2. The third-order valence-corrected chi connectivity index (χ3v) is 3.38. The summed E-state index contributed by atoms with van der Waals surface area (Å²) in [5.41, 5.74) is -0.674. The van der Waals surface area contributed by atoms with Gasteiger partial charge in [0.25, 0.3) is 0 Å². The van der Waals surface area contributed by atoms with Crippen LogP contribution < -0.4 is 5.32 Å². The predicted molar refractivity (Wildman–Crippen MR) is 49.3 cm³/mol. The van der Waals surface area contributed by atoms with E-state index in [4.69, 9.17) is 0 Å². The van der Waals surface area contributed by atoms with Gasteiger partial charge in [0.05, 0.1) is 5.60 Å². The van der Waals surface area contributed by atoms with E-state index in [0.717, 1.165) is 13.1 Å². The van der Waals surface area contributed by atoms with Crippen molar-refractivity contribution in [1.29, 1.82) is 0 Å². The molecule has 0 atom stereocenters. The zero-order valence-corrected chi connectivity index (χ0v) is 8.23. The molecular formula is C10H17F2NO. The Bertz CT molecular complexity index is 206. The monoisotopic (exact) mass is 205 g/mol. The fraction of sp³-hybridized carbons (Fsp3) is 1.00. The summed E-state index contributed by atoms with van der Waals surface area (Å²) in [5, 5.41) is 13.2. The molecule has 2 nitrogen and oxygen atoms in total. The van der Waals surface area contributed by atoms with Gasteiger partial charge in [-0.05, 0) is 38.3 Å². The van der Waals surface area contributed by atoms with Crippen LogP contribution >= 0.6 is 0 Å². The lowest BCUT2D eigenvalue weighted by atomic mass is 9.72. The molecule has 0 aromatic carbocycles. The van der Waals surface area contributed by atoms with E-state index in [1.54, 1.807) is 0 Å². The average Bonchev–Trinajstić information content (AvgIpc) is 2.01. The molecule has 2 fully saturated rings.